The number of rotatable bonds is 6. The average Bonchev–Trinajstić information content (AvgIpc) is 3.21. The van der Waals surface area contributed by atoms with Gasteiger partial charge in [0.25, 0.3) is 5.91 Å². The van der Waals surface area contributed by atoms with E-state index < -0.39 is 11.4 Å². The number of carboxylic acids is 1. The number of methoxy groups -OCH3 is 1. The SMILES string of the molecule is COc1ccc(-c2cc(C(=O)NCC3(C(=O)O)CC3)[nH]n2)cc1. The number of carbonyl (C=O) groups excluding carboxylic acids is 1. The van der Waals surface area contributed by atoms with Gasteiger partial charge < -0.3 is 15.2 Å². The van der Waals surface area contributed by atoms with E-state index in [0.717, 1.165) is 11.3 Å². The van der Waals surface area contributed by atoms with Crippen molar-refractivity contribution >= 4 is 11.9 Å². The summed E-state index contributed by atoms with van der Waals surface area (Å²) in [5.41, 5.74) is 1.01. The lowest BCUT2D eigenvalue weighted by Gasteiger charge is -2.09. The summed E-state index contributed by atoms with van der Waals surface area (Å²) < 4.78 is 5.10. The fraction of sp³-hybridized carbons (Fsp3) is 0.312. The quantitative estimate of drug-likeness (QED) is 0.752. The summed E-state index contributed by atoms with van der Waals surface area (Å²) in [6.07, 6.45) is 1.20. The maximum Gasteiger partial charge on any atom is 0.311 e. The van der Waals surface area contributed by atoms with Crippen molar-refractivity contribution < 1.29 is 19.4 Å². The van der Waals surface area contributed by atoms with Gasteiger partial charge in [-0.1, -0.05) is 0 Å². The molecule has 1 heterocycles. The fourth-order valence-corrected chi connectivity index (χ4v) is 2.31. The van der Waals surface area contributed by atoms with Gasteiger partial charge in [0.15, 0.2) is 0 Å². The number of aliphatic carboxylic acids is 1. The van der Waals surface area contributed by atoms with Gasteiger partial charge in [-0.25, -0.2) is 0 Å². The number of H-pyrrole nitrogens is 1. The number of amides is 1. The highest BCUT2D eigenvalue weighted by molar-refractivity contribution is 5.93. The molecule has 0 bridgehead atoms. The number of nitrogens with one attached hydrogen (secondary N) is 2. The minimum Gasteiger partial charge on any atom is -0.497 e. The first kappa shape index (κ1) is 15.1. The second-order valence-corrected chi connectivity index (χ2v) is 5.66. The minimum absolute atomic E-state index is 0.137. The summed E-state index contributed by atoms with van der Waals surface area (Å²) in [5, 5.41) is 18.5. The third-order valence-electron chi connectivity index (χ3n) is 4.10. The predicted octanol–water partition coefficient (Wildman–Crippen LogP) is 1.68. The molecule has 0 radical (unpaired) electrons. The fourth-order valence-electron chi connectivity index (χ4n) is 2.31. The first-order valence-electron chi connectivity index (χ1n) is 7.25. The van der Waals surface area contributed by atoms with Crippen LogP contribution in [0.4, 0.5) is 0 Å². The van der Waals surface area contributed by atoms with E-state index in [0.29, 0.717) is 24.2 Å². The van der Waals surface area contributed by atoms with Crippen molar-refractivity contribution in [3.05, 3.63) is 36.0 Å². The van der Waals surface area contributed by atoms with Crippen LogP contribution < -0.4 is 10.1 Å². The normalized spacial score (nSPS) is 15.0. The van der Waals surface area contributed by atoms with Crippen LogP contribution in [0.5, 0.6) is 5.75 Å². The highest BCUT2D eigenvalue weighted by Gasteiger charge is 2.50. The molecule has 0 aliphatic heterocycles. The smallest absolute Gasteiger partial charge is 0.311 e. The van der Waals surface area contributed by atoms with Gasteiger partial charge in [0, 0.05) is 12.1 Å². The van der Waals surface area contributed by atoms with Gasteiger partial charge in [-0.05, 0) is 43.2 Å². The van der Waals surface area contributed by atoms with Gasteiger partial charge in [-0.15, -0.1) is 0 Å². The van der Waals surface area contributed by atoms with Crippen molar-refractivity contribution in [3.8, 4) is 17.0 Å². The topological polar surface area (TPSA) is 104 Å². The van der Waals surface area contributed by atoms with Gasteiger partial charge in [-0.3, -0.25) is 14.7 Å². The molecule has 120 valence electrons. The van der Waals surface area contributed by atoms with Gasteiger partial charge in [-0.2, -0.15) is 5.10 Å². The van der Waals surface area contributed by atoms with Crippen LogP contribution in [-0.4, -0.2) is 40.8 Å². The standard InChI is InChI=1S/C16H17N3O4/c1-23-11-4-2-10(3-5-11)12-8-13(19-18-12)14(20)17-9-16(6-7-16)15(21)22/h2-5,8H,6-7,9H2,1H3,(H,17,20)(H,18,19)(H,21,22). The molecule has 1 aromatic carbocycles. The Morgan fingerprint density at radius 3 is 2.61 bits per heavy atom. The van der Waals surface area contributed by atoms with E-state index in [9.17, 15) is 9.59 Å². The summed E-state index contributed by atoms with van der Waals surface area (Å²) in [7, 11) is 1.59. The molecule has 1 aromatic heterocycles. The molecular weight excluding hydrogens is 298 g/mol. The Kier molecular flexibility index (Phi) is 3.77. The monoisotopic (exact) mass is 315 g/mol. The molecule has 0 unspecified atom stereocenters. The molecule has 0 atom stereocenters. The number of ether oxygens (including phenoxy) is 1. The molecule has 7 nitrogen and oxygen atoms in total. The van der Waals surface area contributed by atoms with Gasteiger partial charge >= 0.3 is 5.97 Å². The Bertz CT molecular complexity index is 732. The van der Waals surface area contributed by atoms with Gasteiger partial charge in [0.05, 0.1) is 18.2 Å². The molecule has 0 spiro atoms. The number of aromatic amines is 1. The van der Waals surface area contributed by atoms with Crippen molar-refractivity contribution in [2.45, 2.75) is 12.8 Å². The van der Waals surface area contributed by atoms with E-state index in [1.807, 2.05) is 24.3 Å². The molecule has 0 saturated heterocycles. The van der Waals surface area contributed by atoms with Crippen molar-refractivity contribution in [1.29, 1.82) is 0 Å². The zero-order chi connectivity index (χ0) is 16.4. The Morgan fingerprint density at radius 2 is 2.04 bits per heavy atom. The molecule has 2 aromatic rings. The average molecular weight is 315 g/mol. The van der Waals surface area contributed by atoms with Crippen LogP contribution in [0.1, 0.15) is 23.3 Å². The van der Waals surface area contributed by atoms with E-state index in [1.54, 1.807) is 13.2 Å². The van der Waals surface area contributed by atoms with E-state index in [1.165, 1.54) is 0 Å². The zero-order valence-electron chi connectivity index (χ0n) is 12.6. The van der Waals surface area contributed by atoms with Crippen molar-refractivity contribution in [2.24, 2.45) is 5.41 Å². The van der Waals surface area contributed by atoms with Crippen LogP contribution in [0.2, 0.25) is 0 Å². The number of hydrogen-bond donors (Lipinski definition) is 3. The Morgan fingerprint density at radius 1 is 1.35 bits per heavy atom. The maximum atomic E-state index is 12.1. The summed E-state index contributed by atoms with van der Waals surface area (Å²) in [6.45, 7) is 0.137. The molecule has 3 N–H and O–H groups in total. The number of aromatic nitrogens is 2. The zero-order valence-corrected chi connectivity index (χ0v) is 12.6. The van der Waals surface area contributed by atoms with Crippen molar-refractivity contribution in [2.75, 3.05) is 13.7 Å². The van der Waals surface area contributed by atoms with Crippen LogP contribution in [-0.2, 0) is 4.79 Å². The number of hydrogen-bond acceptors (Lipinski definition) is 4. The second kappa shape index (κ2) is 5.75. The van der Waals surface area contributed by atoms with E-state index >= 15 is 0 Å². The molecule has 3 rings (SSSR count). The van der Waals surface area contributed by atoms with Crippen LogP contribution in [0.15, 0.2) is 30.3 Å². The molecular formula is C16H17N3O4. The lowest BCUT2D eigenvalue weighted by molar-refractivity contribution is -0.143. The summed E-state index contributed by atoms with van der Waals surface area (Å²) in [5.74, 6) is -0.475. The van der Waals surface area contributed by atoms with Crippen molar-refractivity contribution in [1.82, 2.24) is 15.5 Å². The largest absolute Gasteiger partial charge is 0.497 e. The first-order chi connectivity index (χ1) is 11.0. The molecule has 1 fully saturated rings. The Labute approximate surface area is 132 Å². The molecule has 1 amide bonds. The molecule has 1 saturated carbocycles. The third kappa shape index (κ3) is 3.03. The van der Waals surface area contributed by atoms with Crippen LogP contribution >= 0.6 is 0 Å². The van der Waals surface area contributed by atoms with E-state index in [-0.39, 0.29) is 12.5 Å². The molecule has 1 aliphatic rings. The van der Waals surface area contributed by atoms with Crippen LogP contribution in [0.3, 0.4) is 0 Å². The second-order valence-electron chi connectivity index (χ2n) is 5.66. The van der Waals surface area contributed by atoms with Gasteiger partial charge in [0.1, 0.15) is 11.4 Å². The predicted molar refractivity (Wildman–Crippen MR) is 82.2 cm³/mol. The highest BCUT2D eigenvalue weighted by atomic mass is 16.5. The summed E-state index contributed by atoms with van der Waals surface area (Å²) in [4.78, 5) is 23.2. The summed E-state index contributed by atoms with van der Waals surface area (Å²) >= 11 is 0. The molecule has 23 heavy (non-hydrogen) atoms. The van der Waals surface area contributed by atoms with Crippen molar-refractivity contribution in [3.63, 3.8) is 0 Å². The Hall–Kier alpha value is -2.83. The van der Waals surface area contributed by atoms with Crippen LogP contribution in [0, 0.1) is 5.41 Å². The summed E-state index contributed by atoms with van der Waals surface area (Å²) in [6, 6.07) is 8.96. The molecule has 7 heteroatoms. The third-order valence-corrected chi connectivity index (χ3v) is 4.10. The maximum absolute atomic E-state index is 12.1. The number of carboxylic acid groups (broad SMARTS) is 1. The van der Waals surface area contributed by atoms with Gasteiger partial charge in [0.2, 0.25) is 0 Å². The molecule has 1 aliphatic carbocycles. The first-order valence-corrected chi connectivity index (χ1v) is 7.25. The van der Waals surface area contributed by atoms with E-state index in [2.05, 4.69) is 15.5 Å². The lowest BCUT2D eigenvalue weighted by Crippen LogP contribution is -2.34. The number of carbonyl (C=O) groups is 2. The van der Waals surface area contributed by atoms with Crippen LogP contribution in [0.25, 0.3) is 11.3 Å². The number of benzene rings is 1. The lowest BCUT2D eigenvalue weighted by atomic mass is 10.1. The highest BCUT2D eigenvalue weighted by Crippen LogP contribution is 2.45. The van der Waals surface area contributed by atoms with E-state index in [4.69, 9.17) is 9.84 Å². The number of nitrogens with zero attached hydrogens (tertiary/aromatic N) is 1. The minimum atomic E-state index is -0.860. The Balaban J connectivity index is 1.66.